The van der Waals surface area contributed by atoms with E-state index >= 15 is 0 Å². The maximum atomic E-state index is 12.9. The van der Waals surface area contributed by atoms with Crippen molar-refractivity contribution < 1.29 is 9.50 Å². The van der Waals surface area contributed by atoms with Crippen molar-refractivity contribution in [2.45, 2.75) is 6.54 Å². The van der Waals surface area contributed by atoms with Crippen molar-refractivity contribution in [3.63, 3.8) is 0 Å². The van der Waals surface area contributed by atoms with E-state index < -0.39 is 0 Å². The number of halogens is 2. The first-order chi connectivity index (χ1) is 5.65. The Morgan fingerprint density at radius 3 is 2.83 bits per heavy atom. The zero-order chi connectivity index (χ0) is 9.14. The minimum absolute atomic E-state index is 0.0950. The Bertz CT molecular complexity index is 291. The minimum atomic E-state index is -0.363. The van der Waals surface area contributed by atoms with E-state index in [1.54, 1.807) is 7.05 Å². The summed E-state index contributed by atoms with van der Waals surface area (Å²) in [6, 6.07) is 2.65. The lowest BCUT2D eigenvalue weighted by Crippen LogP contribution is -2.05. The Morgan fingerprint density at radius 2 is 2.25 bits per heavy atom. The molecule has 0 atom stereocenters. The molecule has 0 aliphatic heterocycles. The number of hydrogen-bond acceptors (Lipinski definition) is 2. The second-order valence-corrected chi connectivity index (χ2v) is 3.28. The molecule has 0 aromatic heterocycles. The van der Waals surface area contributed by atoms with E-state index in [0.717, 1.165) is 0 Å². The van der Waals surface area contributed by atoms with Gasteiger partial charge >= 0.3 is 0 Å². The van der Waals surface area contributed by atoms with E-state index in [0.29, 0.717) is 12.1 Å². The van der Waals surface area contributed by atoms with Gasteiger partial charge in [-0.15, -0.1) is 0 Å². The first kappa shape index (κ1) is 9.48. The van der Waals surface area contributed by atoms with Gasteiger partial charge in [-0.2, -0.15) is 0 Å². The van der Waals surface area contributed by atoms with Crippen molar-refractivity contribution >= 4 is 15.9 Å². The molecule has 0 amide bonds. The maximum absolute atomic E-state index is 12.9. The number of hydrogen-bond donors (Lipinski definition) is 2. The Morgan fingerprint density at radius 1 is 1.58 bits per heavy atom. The van der Waals surface area contributed by atoms with Gasteiger partial charge in [0.05, 0.1) is 4.47 Å². The average molecular weight is 234 g/mol. The summed E-state index contributed by atoms with van der Waals surface area (Å²) >= 11 is 2.98. The van der Waals surface area contributed by atoms with E-state index in [1.165, 1.54) is 12.1 Å². The molecule has 0 saturated carbocycles. The normalized spacial score (nSPS) is 10.2. The first-order valence-electron chi connectivity index (χ1n) is 3.46. The maximum Gasteiger partial charge on any atom is 0.137 e. The Labute approximate surface area is 78.5 Å². The molecule has 0 aliphatic rings. The Hall–Kier alpha value is -0.610. The van der Waals surface area contributed by atoms with E-state index in [9.17, 15) is 9.50 Å². The molecule has 4 heteroatoms. The first-order valence-corrected chi connectivity index (χ1v) is 4.26. The molecule has 0 bridgehead atoms. The van der Waals surface area contributed by atoms with Crippen LogP contribution in [0.2, 0.25) is 0 Å². The van der Waals surface area contributed by atoms with Crippen LogP contribution >= 0.6 is 15.9 Å². The van der Waals surface area contributed by atoms with Crippen LogP contribution in [0.15, 0.2) is 16.6 Å². The predicted molar refractivity (Wildman–Crippen MR) is 48.5 cm³/mol. The number of nitrogens with one attached hydrogen (secondary N) is 1. The molecule has 0 heterocycles. The third-order valence-electron chi connectivity index (χ3n) is 1.49. The largest absolute Gasteiger partial charge is 0.508 e. The lowest BCUT2D eigenvalue weighted by molar-refractivity contribution is 0.462. The van der Waals surface area contributed by atoms with Crippen LogP contribution < -0.4 is 5.32 Å². The monoisotopic (exact) mass is 233 g/mol. The number of rotatable bonds is 2. The summed E-state index contributed by atoms with van der Waals surface area (Å²) in [6.07, 6.45) is 0. The van der Waals surface area contributed by atoms with Gasteiger partial charge < -0.3 is 10.4 Å². The molecule has 66 valence electrons. The highest BCUT2D eigenvalue weighted by Gasteiger charge is 2.05. The summed E-state index contributed by atoms with van der Waals surface area (Å²) in [4.78, 5) is 0. The highest BCUT2D eigenvalue weighted by molar-refractivity contribution is 9.10. The highest BCUT2D eigenvalue weighted by Crippen LogP contribution is 2.25. The van der Waals surface area contributed by atoms with E-state index in [-0.39, 0.29) is 16.0 Å². The van der Waals surface area contributed by atoms with Crippen molar-refractivity contribution in [1.82, 2.24) is 5.32 Å². The van der Waals surface area contributed by atoms with Gasteiger partial charge in [0.1, 0.15) is 11.6 Å². The molecule has 0 unspecified atom stereocenters. The highest BCUT2D eigenvalue weighted by atomic mass is 79.9. The lowest BCUT2D eigenvalue weighted by atomic mass is 10.2. The van der Waals surface area contributed by atoms with Gasteiger partial charge in [-0.25, -0.2) is 4.39 Å². The van der Waals surface area contributed by atoms with Crippen molar-refractivity contribution in [3.8, 4) is 5.75 Å². The number of phenols is 1. The zero-order valence-corrected chi connectivity index (χ0v) is 8.15. The molecular formula is C8H9BrFNO. The van der Waals surface area contributed by atoms with Crippen LogP contribution in [0.4, 0.5) is 4.39 Å². The van der Waals surface area contributed by atoms with Gasteiger partial charge in [-0.3, -0.25) is 0 Å². The van der Waals surface area contributed by atoms with Gasteiger partial charge in [0.15, 0.2) is 0 Å². The van der Waals surface area contributed by atoms with Crippen molar-refractivity contribution in [1.29, 1.82) is 0 Å². The van der Waals surface area contributed by atoms with E-state index in [1.807, 2.05) is 0 Å². The van der Waals surface area contributed by atoms with Crippen molar-refractivity contribution in [2.75, 3.05) is 7.05 Å². The van der Waals surface area contributed by atoms with Crippen LogP contribution in [-0.4, -0.2) is 12.2 Å². The topological polar surface area (TPSA) is 32.3 Å². The summed E-state index contributed by atoms with van der Waals surface area (Å²) in [6.45, 7) is 0.454. The van der Waals surface area contributed by atoms with Crippen LogP contribution in [0.5, 0.6) is 5.75 Å². The lowest BCUT2D eigenvalue weighted by Gasteiger charge is -2.04. The fourth-order valence-corrected chi connectivity index (χ4v) is 1.24. The zero-order valence-electron chi connectivity index (χ0n) is 6.56. The quantitative estimate of drug-likeness (QED) is 0.820. The molecule has 1 aromatic carbocycles. The van der Waals surface area contributed by atoms with Gasteiger partial charge in [-0.1, -0.05) is 0 Å². The van der Waals surface area contributed by atoms with E-state index in [2.05, 4.69) is 21.2 Å². The van der Waals surface area contributed by atoms with Gasteiger partial charge in [0.25, 0.3) is 0 Å². The SMILES string of the molecule is CNCc1cc(F)c(Br)cc1O. The summed E-state index contributed by atoms with van der Waals surface area (Å²) < 4.78 is 13.2. The fourth-order valence-electron chi connectivity index (χ4n) is 0.910. The number of phenolic OH excluding ortho intramolecular Hbond substituents is 1. The van der Waals surface area contributed by atoms with E-state index in [4.69, 9.17) is 0 Å². The second-order valence-electron chi connectivity index (χ2n) is 2.43. The third kappa shape index (κ3) is 1.95. The summed E-state index contributed by atoms with van der Waals surface area (Å²) in [5.74, 6) is -0.268. The average Bonchev–Trinajstić information content (AvgIpc) is 2.01. The van der Waals surface area contributed by atoms with Gasteiger partial charge in [-0.05, 0) is 35.1 Å². The third-order valence-corrected chi connectivity index (χ3v) is 2.10. The minimum Gasteiger partial charge on any atom is -0.508 e. The molecule has 2 N–H and O–H groups in total. The van der Waals surface area contributed by atoms with Crippen LogP contribution in [-0.2, 0) is 6.54 Å². The molecular weight excluding hydrogens is 225 g/mol. The summed E-state index contributed by atoms with van der Waals surface area (Å²) in [5, 5.41) is 12.1. The molecule has 0 fully saturated rings. The van der Waals surface area contributed by atoms with Gasteiger partial charge in [0.2, 0.25) is 0 Å². The predicted octanol–water partition coefficient (Wildman–Crippen LogP) is 2.01. The fraction of sp³-hybridized carbons (Fsp3) is 0.250. The Kier molecular flexibility index (Phi) is 3.05. The summed E-state index contributed by atoms with van der Waals surface area (Å²) in [7, 11) is 1.74. The molecule has 0 radical (unpaired) electrons. The molecule has 0 aliphatic carbocycles. The van der Waals surface area contributed by atoms with Crippen LogP contribution in [0.3, 0.4) is 0 Å². The molecule has 2 nitrogen and oxygen atoms in total. The molecule has 1 aromatic rings. The molecule has 1 rings (SSSR count). The molecule has 0 spiro atoms. The molecule has 0 saturated heterocycles. The van der Waals surface area contributed by atoms with Crippen LogP contribution in [0, 0.1) is 5.82 Å². The number of benzene rings is 1. The Balaban J connectivity index is 3.05. The van der Waals surface area contributed by atoms with Crippen molar-refractivity contribution in [3.05, 3.63) is 28.0 Å². The standard InChI is InChI=1S/C8H9BrFNO/c1-11-4-5-2-7(10)6(9)3-8(5)12/h2-3,11-12H,4H2,1H3. The molecule has 12 heavy (non-hydrogen) atoms. The summed E-state index contributed by atoms with van der Waals surface area (Å²) in [5.41, 5.74) is 0.554. The van der Waals surface area contributed by atoms with Gasteiger partial charge in [0, 0.05) is 12.1 Å². The van der Waals surface area contributed by atoms with Crippen LogP contribution in [0.1, 0.15) is 5.56 Å². The second kappa shape index (κ2) is 3.87. The van der Waals surface area contributed by atoms with Crippen LogP contribution in [0.25, 0.3) is 0 Å². The smallest absolute Gasteiger partial charge is 0.137 e. The number of aromatic hydroxyl groups is 1. The van der Waals surface area contributed by atoms with Crippen molar-refractivity contribution in [2.24, 2.45) is 0 Å².